The molecule has 0 spiro atoms. The zero-order valence-electron chi connectivity index (χ0n) is 12.4. The minimum atomic E-state index is -2.14. The van der Waals surface area contributed by atoms with Gasteiger partial charge in [-0.25, -0.2) is 4.79 Å². The maximum Gasteiger partial charge on any atom is 0.407 e. The van der Waals surface area contributed by atoms with Gasteiger partial charge in [0, 0.05) is 0 Å². The summed E-state index contributed by atoms with van der Waals surface area (Å²) in [4.78, 5) is 23.1. The quantitative estimate of drug-likeness (QED) is 0.801. The maximum atomic E-state index is 11.9. The second-order valence-corrected chi connectivity index (χ2v) is 10.5. The highest BCUT2D eigenvalue weighted by Crippen LogP contribution is 2.36. The van der Waals surface area contributed by atoms with E-state index in [9.17, 15) is 9.59 Å². The molecule has 5 nitrogen and oxygen atoms in total. The molecule has 6 heteroatoms. The summed E-state index contributed by atoms with van der Waals surface area (Å²) in [5.74, 6) is -0.408. The van der Waals surface area contributed by atoms with Gasteiger partial charge in [-0.05, 0) is 32.0 Å². The van der Waals surface area contributed by atoms with Crippen LogP contribution >= 0.6 is 0 Å². The lowest BCUT2D eigenvalue weighted by atomic mass is 10.2. The molecule has 0 radical (unpaired) electrons. The molecule has 0 aromatic rings. The summed E-state index contributed by atoms with van der Waals surface area (Å²) in [6.07, 6.45) is -0.600. The first-order valence-electron chi connectivity index (χ1n) is 6.17. The van der Waals surface area contributed by atoms with E-state index in [0.29, 0.717) is 0 Å². The van der Waals surface area contributed by atoms with Crippen LogP contribution in [-0.4, -0.2) is 33.0 Å². The molecule has 0 rings (SSSR count). The third kappa shape index (κ3) is 5.08. The van der Waals surface area contributed by atoms with E-state index < -0.39 is 26.4 Å². The number of amides is 1. The van der Waals surface area contributed by atoms with Crippen molar-refractivity contribution in [3.63, 3.8) is 0 Å². The van der Waals surface area contributed by atoms with E-state index in [1.165, 1.54) is 0 Å². The van der Waals surface area contributed by atoms with Gasteiger partial charge >= 0.3 is 12.1 Å². The molecule has 0 heterocycles. The van der Waals surface area contributed by atoms with Crippen molar-refractivity contribution in [2.75, 3.05) is 6.61 Å². The smallest absolute Gasteiger partial charge is 0.407 e. The highest BCUT2D eigenvalue weighted by molar-refractivity contribution is 6.75. The molecule has 0 aliphatic heterocycles. The molecule has 106 valence electrons. The molecule has 1 N–H and O–H groups in total. The molecule has 18 heavy (non-hydrogen) atoms. The third-order valence-electron chi connectivity index (χ3n) is 3.13. The number of nitrogens with one attached hydrogen (secondary N) is 1. The minimum Gasteiger partial charge on any atom is -0.518 e. The Morgan fingerprint density at radius 3 is 2.17 bits per heavy atom. The Balaban J connectivity index is 4.46. The molecule has 0 saturated heterocycles. The fraction of sp³-hybridized carbons (Fsp3) is 0.833. The topological polar surface area (TPSA) is 64.6 Å². The molecule has 1 unspecified atom stereocenters. The Labute approximate surface area is 110 Å². The average Bonchev–Trinajstić information content (AvgIpc) is 2.15. The maximum absolute atomic E-state index is 11.9. The average molecular weight is 275 g/mol. The highest BCUT2D eigenvalue weighted by atomic mass is 28.4. The number of ether oxygens (including phenoxy) is 1. The van der Waals surface area contributed by atoms with Crippen LogP contribution in [0.3, 0.4) is 0 Å². The van der Waals surface area contributed by atoms with E-state index in [4.69, 9.17) is 9.16 Å². The van der Waals surface area contributed by atoms with Crippen molar-refractivity contribution in [1.82, 2.24) is 5.32 Å². The van der Waals surface area contributed by atoms with Gasteiger partial charge in [0.25, 0.3) is 8.32 Å². The number of carbonyl (C=O) groups excluding carboxylic acids is 2. The van der Waals surface area contributed by atoms with Crippen molar-refractivity contribution in [2.24, 2.45) is 0 Å². The van der Waals surface area contributed by atoms with Crippen LogP contribution in [0.5, 0.6) is 0 Å². The van der Waals surface area contributed by atoms with E-state index in [0.717, 1.165) is 0 Å². The second-order valence-electron chi connectivity index (χ2n) is 5.77. The molecule has 0 aromatic heterocycles. The van der Waals surface area contributed by atoms with Gasteiger partial charge in [0.2, 0.25) is 0 Å². The summed E-state index contributed by atoms with van der Waals surface area (Å²) in [5, 5.41) is 2.39. The lowest BCUT2D eigenvalue weighted by molar-refractivity contribution is -0.137. The van der Waals surface area contributed by atoms with Crippen LogP contribution in [0.2, 0.25) is 18.1 Å². The summed E-state index contributed by atoms with van der Waals surface area (Å²) in [6, 6.07) is -0.696. The molecular weight excluding hydrogens is 250 g/mol. The number of hydrogen-bond donors (Lipinski definition) is 1. The fourth-order valence-corrected chi connectivity index (χ4v) is 1.89. The van der Waals surface area contributed by atoms with Gasteiger partial charge < -0.3 is 14.5 Å². The molecule has 0 saturated carbocycles. The first-order chi connectivity index (χ1) is 8.01. The van der Waals surface area contributed by atoms with Crippen molar-refractivity contribution >= 4 is 20.4 Å². The molecule has 0 aliphatic rings. The van der Waals surface area contributed by atoms with Gasteiger partial charge in [-0.2, -0.15) is 0 Å². The Hall–Kier alpha value is -1.04. The molecular formula is C12H25NO4Si. The normalized spacial score (nSPS) is 13.7. The van der Waals surface area contributed by atoms with Gasteiger partial charge in [0.15, 0.2) is 0 Å². The van der Waals surface area contributed by atoms with E-state index in [1.807, 2.05) is 13.1 Å². The second kappa shape index (κ2) is 6.22. The predicted molar refractivity (Wildman–Crippen MR) is 72.9 cm³/mol. The van der Waals surface area contributed by atoms with Crippen LogP contribution in [-0.2, 0) is 14.0 Å². The van der Waals surface area contributed by atoms with E-state index in [1.54, 1.807) is 13.8 Å². The molecule has 0 aromatic carbocycles. The number of hydrogen-bond acceptors (Lipinski definition) is 4. The zero-order chi connectivity index (χ0) is 14.6. The van der Waals surface area contributed by atoms with Crippen molar-refractivity contribution < 1.29 is 18.8 Å². The van der Waals surface area contributed by atoms with Crippen LogP contribution < -0.4 is 5.32 Å². The molecule has 0 aliphatic carbocycles. The Morgan fingerprint density at radius 2 is 1.78 bits per heavy atom. The lowest BCUT2D eigenvalue weighted by Gasteiger charge is -2.36. The van der Waals surface area contributed by atoms with Crippen LogP contribution in [0.25, 0.3) is 0 Å². The van der Waals surface area contributed by atoms with Crippen molar-refractivity contribution in [3.05, 3.63) is 0 Å². The van der Waals surface area contributed by atoms with Crippen LogP contribution in [0.15, 0.2) is 0 Å². The van der Waals surface area contributed by atoms with E-state index in [-0.39, 0.29) is 11.6 Å². The lowest BCUT2D eigenvalue weighted by Crippen LogP contribution is -2.48. The van der Waals surface area contributed by atoms with Gasteiger partial charge in [0.05, 0.1) is 6.61 Å². The number of rotatable bonds is 4. The molecule has 1 atom stereocenters. The number of carbonyl (C=O) groups is 2. The highest BCUT2D eigenvalue weighted by Gasteiger charge is 2.41. The summed E-state index contributed by atoms with van der Waals surface area (Å²) in [7, 11) is -2.14. The molecule has 1 amide bonds. The Bertz CT molecular complexity index is 310. The molecule has 0 fully saturated rings. The monoisotopic (exact) mass is 275 g/mol. The molecule has 0 bridgehead atoms. The van der Waals surface area contributed by atoms with Crippen molar-refractivity contribution in [1.29, 1.82) is 0 Å². The van der Waals surface area contributed by atoms with Gasteiger partial charge in [0.1, 0.15) is 6.04 Å². The summed E-state index contributed by atoms with van der Waals surface area (Å²) < 4.78 is 10.3. The van der Waals surface area contributed by atoms with Gasteiger partial charge in [-0.3, -0.25) is 4.79 Å². The standard InChI is InChI=1S/C12H25NO4Si/c1-8-16-11(15)13-9(2)10(14)17-18(6,7)12(3,4)5/h9H,8H2,1-7H3,(H,13,15). The first-order valence-corrected chi connectivity index (χ1v) is 9.08. The first kappa shape index (κ1) is 17.0. The minimum absolute atomic E-state index is 0.0493. The Morgan fingerprint density at radius 1 is 1.28 bits per heavy atom. The Kier molecular flexibility index (Phi) is 5.86. The van der Waals surface area contributed by atoms with E-state index in [2.05, 4.69) is 26.1 Å². The zero-order valence-corrected chi connectivity index (χ0v) is 13.4. The fourth-order valence-electron chi connectivity index (χ4n) is 0.901. The van der Waals surface area contributed by atoms with E-state index >= 15 is 0 Å². The van der Waals surface area contributed by atoms with Crippen molar-refractivity contribution in [2.45, 2.75) is 58.8 Å². The van der Waals surface area contributed by atoms with Gasteiger partial charge in [-0.15, -0.1) is 0 Å². The number of alkyl carbamates (subject to hydrolysis) is 1. The van der Waals surface area contributed by atoms with Crippen LogP contribution in [0.4, 0.5) is 4.79 Å². The SMILES string of the molecule is CCOC(=O)NC(C)C(=O)O[Si](C)(C)C(C)(C)C. The van der Waals surface area contributed by atoms with Crippen LogP contribution in [0.1, 0.15) is 34.6 Å². The third-order valence-corrected chi connectivity index (χ3v) is 7.45. The summed E-state index contributed by atoms with van der Waals surface area (Å²) in [5.41, 5.74) is 0. The van der Waals surface area contributed by atoms with Crippen LogP contribution in [0, 0.1) is 0 Å². The summed E-state index contributed by atoms with van der Waals surface area (Å²) >= 11 is 0. The summed E-state index contributed by atoms with van der Waals surface area (Å²) in [6.45, 7) is 13.7. The predicted octanol–water partition coefficient (Wildman–Crippen LogP) is 2.67. The van der Waals surface area contributed by atoms with Gasteiger partial charge in [-0.1, -0.05) is 20.8 Å². The van der Waals surface area contributed by atoms with Crippen molar-refractivity contribution in [3.8, 4) is 0 Å². The largest absolute Gasteiger partial charge is 0.518 e.